The number of ether oxygens (including phenoxy) is 2. The quantitative estimate of drug-likeness (QED) is 0.439. The smallest absolute Gasteiger partial charge is 0.313 e. The number of carbonyl (C=O) groups is 2. The Balaban J connectivity index is 2.27. The third kappa shape index (κ3) is 6.08. The molecule has 0 aliphatic carbocycles. The zero-order chi connectivity index (χ0) is 15.0. The van der Waals surface area contributed by atoms with Gasteiger partial charge in [0.05, 0.1) is 5.02 Å². The maximum Gasteiger partial charge on any atom is 0.313 e. The number of hydrogen-bond donors (Lipinski definition) is 0. The van der Waals surface area contributed by atoms with Gasteiger partial charge in [-0.15, -0.1) is 0 Å². The summed E-state index contributed by atoms with van der Waals surface area (Å²) in [6, 6.07) is 5.10. The monoisotopic (exact) mass is 316 g/mol. The zero-order valence-corrected chi connectivity index (χ0v) is 12.4. The summed E-state index contributed by atoms with van der Waals surface area (Å²) in [5, 5.41) is 0.779. The molecule has 1 aromatic rings. The van der Waals surface area contributed by atoms with E-state index in [9.17, 15) is 9.59 Å². The fraction of sp³-hybridized carbons (Fsp3) is 0.286. The number of rotatable bonds is 7. The molecule has 0 saturated heterocycles. The Morgan fingerprint density at radius 1 is 1.20 bits per heavy atom. The van der Waals surface area contributed by atoms with Crippen LogP contribution in [0.15, 0.2) is 30.4 Å². The van der Waals surface area contributed by atoms with E-state index >= 15 is 0 Å². The second-order valence-corrected chi connectivity index (χ2v) is 4.68. The molecule has 0 aromatic heterocycles. The Hall–Kier alpha value is -1.52. The van der Waals surface area contributed by atoms with Gasteiger partial charge in [0.2, 0.25) is 0 Å². The first-order chi connectivity index (χ1) is 9.50. The van der Waals surface area contributed by atoms with Gasteiger partial charge < -0.3 is 9.47 Å². The summed E-state index contributed by atoms with van der Waals surface area (Å²) >= 11 is 11.8. The van der Waals surface area contributed by atoms with Crippen LogP contribution in [0.25, 0.3) is 0 Å². The van der Waals surface area contributed by atoms with Crippen LogP contribution < -0.4 is 4.74 Å². The Morgan fingerprint density at radius 3 is 2.60 bits per heavy atom. The second-order valence-electron chi connectivity index (χ2n) is 3.90. The molecule has 0 heterocycles. The van der Waals surface area contributed by atoms with E-state index in [2.05, 4.69) is 0 Å². The van der Waals surface area contributed by atoms with Crippen LogP contribution in [0.5, 0.6) is 5.75 Å². The topological polar surface area (TPSA) is 52.6 Å². The van der Waals surface area contributed by atoms with Gasteiger partial charge in [0.1, 0.15) is 36.2 Å². The highest BCUT2D eigenvalue weighted by atomic mass is 35.5. The SMILES string of the molecule is CC(=O)CC(=O)OC/C=C/COc1cccc(Cl)c1Cl. The minimum atomic E-state index is -0.541. The van der Waals surface area contributed by atoms with Gasteiger partial charge in [-0.1, -0.05) is 29.3 Å². The Labute approximate surface area is 127 Å². The lowest BCUT2D eigenvalue weighted by molar-refractivity contribution is -0.144. The van der Waals surface area contributed by atoms with Crippen molar-refractivity contribution in [2.45, 2.75) is 13.3 Å². The van der Waals surface area contributed by atoms with Crippen LogP contribution in [0, 0.1) is 0 Å². The van der Waals surface area contributed by atoms with Gasteiger partial charge in [0.15, 0.2) is 0 Å². The van der Waals surface area contributed by atoms with Crippen molar-refractivity contribution >= 4 is 35.0 Å². The molecular weight excluding hydrogens is 303 g/mol. The van der Waals surface area contributed by atoms with Crippen molar-refractivity contribution in [3.63, 3.8) is 0 Å². The lowest BCUT2D eigenvalue weighted by Crippen LogP contribution is -2.08. The molecule has 1 rings (SSSR count). The third-order valence-corrected chi connectivity index (χ3v) is 2.95. The number of hydrogen-bond acceptors (Lipinski definition) is 4. The lowest BCUT2D eigenvalue weighted by atomic mass is 10.3. The lowest BCUT2D eigenvalue weighted by Gasteiger charge is -2.06. The number of esters is 1. The van der Waals surface area contributed by atoms with E-state index in [1.807, 2.05) is 0 Å². The van der Waals surface area contributed by atoms with Crippen molar-refractivity contribution in [2.75, 3.05) is 13.2 Å². The summed E-state index contributed by atoms with van der Waals surface area (Å²) in [7, 11) is 0. The first-order valence-corrected chi connectivity index (χ1v) is 6.63. The molecule has 0 fully saturated rings. The maximum atomic E-state index is 11.0. The fourth-order valence-electron chi connectivity index (χ4n) is 1.26. The van der Waals surface area contributed by atoms with Crippen LogP contribution in [0.4, 0.5) is 0 Å². The van der Waals surface area contributed by atoms with E-state index in [-0.39, 0.29) is 25.4 Å². The van der Waals surface area contributed by atoms with E-state index in [1.165, 1.54) is 6.92 Å². The molecule has 1 aromatic carbocycles. The maximum absolute atomic E-state index is 11.0. The number of benzene rings is 1. The van der Waals surface area contributed by atoms with Gasteiger partial charge in [-0.3, -0.25) is 9.59 Å². The fourth-order valence-corrected chi connectivity index (χ4v) is 1.61. The van der Waals surface area contributed by atoms with E-state index in [0.29, 0.717) is 15.8 Å². The molecule has 0 N–H and O–H groups in total. The van der Waals surface area contributed by atoms with Crippen molar-refractivity contribution in [1.82, 2.24) is 0 Å². The number of halogens is 2. The third-order valence-electron chi connectivity index (χ3n) is 2.15. The first kappa shape index (κ1) is 16.5. The standard InChI is InChI=1S/C14H14Cl2O4/c1-10(17)9-13(18)20-8-3-2-7-19-12-6-4-5-11(15)14(12)16/h2-6H,7-9H2,1H3/b3-2+. The molecule has 0 saturated carbocycles. The first-order valence-electron chi connectivity index (χ1n) is 5.87. The molecule has 0 radical (unpaired) electrons. The molecule has 6 heteroatoms. The van der Waals surface area contributed by atoms with Crippen molar-refractivity contribution in [1.29, 1.82) is 0 Å². The second kappa shape index (κ2) is 8.61. The summed E-state index contributed by atoms with van der Waals surface area (Å²) in [5.41, 5.74) is 0. The van der Waals surface area contributed by atoms with Crippen LogP contribution in [0.1, 0.15) is 13.3 Å². The van der Waals surface area contributed by atoms with Gasteiger partial charge in [-0.25, -0.2) is 0 Å². The molecule has 0 atom stereocenters. The highest BCUT2D eigenvalue weighted by Gasteiger charge is 2.05. The average Bonchev–Trinajstić information content (AvgIpc) is 2.37. The van der Waals surface area contributed by atoms with E-state index in [1.54, 1.807) is 30.4 Å². The average molecular weight is 317 g/mol. The van der Waals surface area contributed by atoms with Crippen LogP contribution in [-0.4, -0.2) is 25.0 Å². The van der Waals surface area contributed by atoms with Crippen LogP contribution in [0.2, 0.25) is 10.0 Å². The van der Waals surface area contributed by atoms with E-state index in [4.69, 9.17) is 32.7 Å². The van der Waals surface area contributed by atoms with Gasteiger partial charge in [-0.2, -0.15) is 0 Å². The van der Waals surface area contributed by atoms with Crippen LogP contribution in [0.3, 0.4) is 0 Å². The number of Topliss-reactive ketones (excluding diaryl/α,β-unsaturated/α-hetero) is 1. The summed E-state index contributed by atoms with van der Waals surface area (Å²) in [4.78, 5) is 21.7. The van der Waals surface area contributed by atoms with Crippen molar-refractivity contribution in [2.24, 2.45) is 0 Å². The van der Waals surface area contributed by atoms with Crippen molar-refractivity contribution in [3.05, 3.63) is 40.4 Å². The van der Waals surface area contributed by atoms with Gasteiger partial charge >= 0.3 is 5.97 Å². The minimum absolute atomic E-state index is 0.0960. The Morgan fingerprint density at radius 2 is 1.90 bits per heavy atom. The number of ketones is 1. The predicted molar refractivity (Wildman–Crippen MR) is 77.4 cm³/mol. The number of carbonyl (C=O) groups excluding carboxylic acids is 2. The van der Waals surface area contributed by atoms with Gasteiger partial charge in [-0.05, 0) is 31.2 Å². The van der Waals surface area contributed by atoms with Crippen molar-refractivity contribution in [3.8, 4) is 5.75 Å². The molecule has 0 unspecified atom stereocenters. The van der Waals surface area contributed by atoms with Crippen molar-refractivity contribution < 1.29 is 19.1 Å². The van der Waals surface area contributed by atoms with Crippen LogP contribution in [-0.2, 0) is 14.3 Å². The summed E-state index contributed by atoms with van der Waals surface area (Å²) in [6.07, 6.45) is 3.09. The Bertz CT molecular complexity index is 512. The van der Waals surface area contributed by atoms with E-state index in [0.717, 1.165) is 0 Å². The summed E-state index contributed by atoms with van der Waals surface area (Å²) < 4.78 is 10.2. The minimum Gasteiger partial charge on any atom is -0.488 e. The highest BCUT2D eigenvalue weighted by Crippen LogP contribution is 2.31. The van der Waals surface area contributed by atoms with Gasteiger partial charge in [0, 0.05) is 0 Å². The molecule has 0 amide bonds. The Kier molecular flexibility index (Phi) is 7.12. The van der Waals surface area contributed by atoms with Gasteiger partial charge in [0.25, 0.3) is 0 Å². The molecule has 0 bridgehead atoms. The molecule has 4 nitrogen and oxygen atoms in total. The normalized spacial score (nSPS) is 10.6. The van der Waals surface area contributed by atoms with Crippen LogP contribution >= 0.6 is 23.2 Å². The van der Waals surface area contributed by atoms with E-state index < -0.39 is 5.97 Å². The highest BCUT2D eigenvalue weighted by molar-refractivity contribution is 6.42. The zero-order valence-electron chi connectivity index (χ0n) is 10.9. The molecule has 0 aliphatic rings. The molecule has 0 aliphatic heterocycles. The summed E-state index contributed by atoms with van der Waals surface area (Å²) in [5.74, 6) is -0.281. The predicted octanol–water partition coefficient (Wildman–Crippen LogP) is 3.45. The molecule has 0 spiro atoms. The molecule has 108 valence electrons. The molecular formula is C14H14Cl2O4. The largest absolute Gasteiger partial charge is 0.488 e. The summed E-state index contributed by atoms with van der Waals surface area (Å²) in [6.45, 7) is 1.70. The molecule has 20 heavy (non-hydrogen) atoms.